The number of halogens is 1. The molecule has 8 heteroatoms. The first-order chi connectivity index (χ1) is 18.7. The van der Waals surface area contributed by atoms with E-state index < -0.39 is 0 Å². The van der Waals surface area contributed by atoms with Crippen molar-refractivity contribution >= 4 is 40.2 Å². The Labute approximate surface area is 236 Å². The van der Waals surface area contributed by atoms with Gasteiger partial charge in [0.2, 0.25) is 11.8 Å². The van der Waals surface area contributed by atoms with Gasteiger partial charge in [-0.25, -0.2) is 0 Å². The molecule has 3 rings (SSSR count). The SMILES string of the molecule is CCCCN(C)C(=O)CCCCCCCNC(=O)Cc1c(C)n(C(=O)c2ccc(Cl)cc2)c2ccc(O)cc12. The fourth-order valence-corrected chi connectivity index (χ4v) is 4.90. The van der Waals surface area contributed by atoms with Crippen molar-refractivity contribution in [3.8, 4) is 5.75 Å². The number of carbonyl (C=O) groups excluding carboxylic acids is 3. The Morgan fingerprint density at radius 2 is 1.67 bits per heavy atom. The number of hydrogen-bond donors (Lipinski definition) is 2. The first-order valence-electron chi connectivity index (χ1n) is 13.9. The van der Waals surface area contributed by atoms with Crippen LogP contribution in [0.3, 0.4) is 0 Å². The Hall–Kier alpha value is -3.32. The summed E-state index contributed by atoms with van der Waals surface area (Å²) in [6.45, 7) is 5.34. The molecule has 2 amide bonds. The van der Waals surface area contributed by atoms with E-state index in [9.17, 15) is 19.5 Å². The molecule has 3 aromatic rings. The van der Waals surface area contributed by atoms with Crippen molar-refractivity contribution in [3.05, 3.63) is 64.3 Å². The first-order valence-corrected chi connectivity index (χ1v) is 14.2. The van der Waals surface area contributed by atoms with Gasteiger partial charge in [0.15, 0.2) is 0 Å². The quantitative estimate of drug-likeness (QED) is 0.231. The molecule has 0 aliphatic carbocycles. The lowest BCUT2D eigenvalue weighted by Gasteiger charge is -2.16. The lowest BCUT2D eigenvalue weighted by Crippen LogP contribution is -2.27. The average Bonchev–Trinajstić information content (AvgIpc) is 3.18. The van der Waals surface area contributed by atoms with E-state index in [1.807, 2.05) is 18.9 Å². The minimum absolute atomic E-state index is 0.0783. The van der Waals surface area contributed by atoms with Crippen LogP contribution in [-0.4, -0.2) is 52.4 Å². The summed E-state index contributed by atoms with van der Waals surface area (Å²) in [5.74, 6) is -0.0499. The zero-order valence-electron chi connectivity index (χ0n) is 23.3. The van der Waals surface area contributed by atoms with E-state index in [-0.39, 0.29) is 29.9 Å². The molecule has 0 fully saturated rings. The molecule has 210 valence electrons. The van der Waals surface area contributed by atoms with Gasteiger partial charge in [0.05, 0.1) is 11.9 Å². The molecule has 0 radical (unpaired) electrons. The van der Waals surface area contributed by atoms with Crippen molar-refractivity contribution in [3.63, 3.8) is 0 Å². The van der Waals surface area contributed by atoms with E-state index in [0.717, 1.165) is 51.5 Å². The van der Waals surface area contributed by atoms with Crippen LogP contribution in [0.25, 0.3) is 10.9 Å². The molecule has 39 heavy (non-hydrogen) atoms. The highest BCUT2D eigenvalue weighted by molar-refractivity contribution is 6.30. The maximum absolute atomic E-state index is 13.3. The number of phenols is 1. The van der Waals surface area contributed by atoms with Crippen LogP contribution < -0.4 is 5.32 Å². The number of aromatic nitrogens is 1. The third-order valence-corrected chi connectivity index (χ3v) is 7.36. The summed E-state index contributed by atoms with van der Waals surface area (Å²) in [4.78, 5) is 40.1. The molecule has 0 saturated carbocycles. The molecule has 2 aromatic carbocycles. The summed E-state index contributed by atoms with van der Waals surface area (Å²) in [7, 11) is 1.88. The van der Waals surface area contributed by atoms with Gasteiger partial charge >= 0.3 is 0 Å². The predicted octanol–water partition coefficient (Wildman–Crippen LogP) is 6.26. The Morgan fingerprint density at radius 3 is 2.38 bits per heavy atom. The van der Waals surface area contributed by atoms with Crippen molar-refractivity contribution in [2.45, 2.75) is 71.6 Å². The molecule has 0 atom stereocenters. The van der Waals surface area contributed by atoms with Gasteiger partial charge in [-0.05, 0) is 74.2 Å². The van der Waals surface area contributed by atoms with Crippen LogP contribution in [0.15, 0.2) is 42.5 Å². The highest BCUT2D eigenvalue weighted by atomic mass is 35.5. The van der Waals surface area contributed by atoms with Crippen molar-refractivity contribution in [2.24, 2.45) is 0 Å². The number of amides is 2. The second kappa shape index (κ2) is 14.7. The minimum Gasteiger partial charge on any atom is -0.508 e. The van der Waals surface area contributed by atoms with Crippen LogP contribution in [0.2, 0.25) is 5.02 Å². The van der Waals surface area contributed by atoms with Gasteiger partial charge < -0.3 is 15.3 Å². The summed E-state index contributed by atoms with van der Waals surface area (Å²) in [5, 5.41) is 14.3. The number of rotatable bonds is 14. The van der Waals surface area contributed by atoms with Gasteiger partial charge in [0, 0.05) is 48.2 Å². The van der Waals surface area contributed by atoms with Crippen LogP contribution in [0.4, 0.5) is 0 Å². The number of carbonyl (C=O) groups is 3. The third kappa shape index (κ3) is 8.33. The molecule has 1 aromatic heterocycles. The molecule has 2 N–H and O–H groups in total. The molecule has 0 bridgehead atoms. The maximum Gasteiger partial charge on any atom is 0.262 e. The second-order valence-corrected chi connectivity index (χ2v) is 10.6. The number of fused-ring (bicyclic) bond motifs is 1. The summed E-state index contributed by atoms with van der Waals surface area (Å²) in [6, 6.07) is 11.5. The molecule has 7 nitrogen and oxygen atoms in total. The van der Waals surface area contributed by atoms with E-state index in [4.69, 9.17) is 11.6 Å². The second-order valence-electron chi connectivity index (χ2n) is 10.1. The number of nitrogens with zero attached hydrogens (tertiary/aromatic N) is 2. The summed E-state index contributed by atoms with van der Waals surface area (Å²) in [5.41, 5.74) is 2.51. The van der Waals surface area contributed by atoms with Crippen molar-refractivity contribution in [1.82, 2.24) is 14.8 Å². The van der Waals surface area contributed by atoms with Gasteiger partial charge in [0.1, 0.15) is 5.75 Å². The highest BCUT2D eigenvalue weighted by Gasteiger charge is 2.22. The van der Waals surface area contributed by atoms with E-state index in [0.29, 0.717) is 45.7 Å². The van der Waals surface area contributed by atoms with Crippen LogP contribution in [0, 0.1) is 6.92 Å². The molecule has 0 saturated heterocycles. The molecule has 0 spiro atoms. The summed E-state index contributed by atoms with van der Waals surface area (Å²) < 4.78 is 1.59. The van der Waals surface area contributed by atoms with Crippen LogP contribution in [-0.2, 0) is 16.0 Å². The minimum atomic E-state index is -0.221. The summed E-state index contributed by atoms with van der Waals surface area (Å²) >= 11 is 5.98. The molecule has 0 unspecified atom stereocenters. The Bertz CT molecular complexity index is 1280. The van der Waals surface area contributed by atoms with E-state index in [1.165, 1.54) is 6.07 Å². The van der Waals surface area contributed by atoms with Crippen molar-refractivity contribution < 1.29 is 19.5 Å². The molecule has 0 aliphatic rings. The normalized spacial score (nSPS) is 11.1. The molecule has 0 aliphatic heterocycles. The fourth-order valence-electron chi connectivity index (χ4n) is 4.77. The average molecular weight is 554 g/mol. The monoisotopic (exact) mass is 553 g/mol. The first kappa shape index (κ1) is 30.2. The Balaban J connectivity index is 1.51. The number of benzene rings is 2. The molecular weight excluding hydrogens is 514 g/mol. The lowest BCUT2D eigenvalue weighted by atomic mass is 10.1. The molecule has 1 heterocycles. The van der Waals surface area contributed by atoms with Gasteiger partial charge in [-0.2, -0.15) is 0 Å². The smallest absolute Gasteiger partial charge is 0.262 e. The number of hydrogen-bond acceptors (Lipinski definition) is 4. The van der Waals surface area contributed by atoms with Crippen LogP contribution in [0.5, 0.6) is 5.75 Å². The zero-order chi connectivity index (χ0) is 28.4. The van der Waals surface area contributed by atoms with Gasteiger partial charge in [-0.3, -0.25) is 19.0 Å². The largest absolute Gasteiger partial charge is 0.508 e. The Kier molecular flexibility index (Phi) is 11.4. The zero-order valence-corrected chi connectivity index (χ0v) is 24.0. The van der Waals surface area contributed by atoms with Crippen LogP contribution >= 0.6 is 11.6 Å². The van der Waals surface area contributed by atoms with Crippen molar-refractivity contribution in [2.75, 3.05) is 20.1 Å². The Morgan fingerprint density at radius 1 is 0.974 bits per heavy atom. The maximum atomic E-state index is 13.3. The predicted molar refractivity (Wildman–Crippen MR) is 156 cm³/mol. The van der Waals surface area contributed by atoms with Gasteiger partial charge in [0.25, 0.3) is 5.91 Å². The standard InChI is InChI=1S/C31H40ClN3O4/c1-4-5-19-34(3)30(38)11-9-7-6-8-10-18-33-29(37)21-26-22(2)35(28-17-16-25(36)20-27(26)28)31(39)23-12-14-24(32)15-13-23/h12-17,20,36H,4-11,18-19,21H2,1-3H3,(H,33,37). The third-order valence-electron chi connectivity index (χ3n) is 7.11. The van der Waals surface area contributed by atoms with E-state index in [1.54, 1.807) is 41.0 Å². The van der Waals surface area contributed by atoms with Gasteiger partial charge in [-0.15, -0.1) is 0 Å². The number of unbranched alkanes of at least 4 members (excludes halogenated alkanes) is 5. The highest BCUT2D eigenvalue weighted by Crippen LogP contribution is 2.30. The molecular formula is C31H40ClN3O4. The number of phenolic OH excluding ortho intramolecular Hbond substituents is 1. The number of nitrogens with one attached hydrogen (secondary N) is 1. The van der Waals surface area contributed by atoms with E-state index >= 15 is 0 Å². The fraction of sp³-hybridized carbons (Fsp3) is 0.452. The topological polar surface area (TPSA) is 91.6 Å². The number of aromatic hydroxyl groups is 1. The van der Waals surface area contributed by atoms with E-state index in [2.05, 4.69) is 12.2 Å². The lowest BCUT2D eigenvalue weighted by molar-refractivity contribution is -0.130. The summed E-state index contributed by atoms with van der Waals surface area (Å²) in [6.07, 6.45) is 7.62. The van der Waals surface area contributed by atoms with Gasteiger partial charge in [-0.1, -0.05) is 44.2 Å². The van der Waals surface area contributed by atoms with Crippen LogP contribution in [0.1, 0.15) is 79.9 Å². The van der Waals surface area contributed by atoms with Crippen molar-refractivity contribution in [1.29, 1.82) is 0 Å².